The molecule has 0 saturated carbocycles. The molecule has 2 aromatic carbocycles. The second kappa shape index (κ2) is 5.95. The van der Waals surface area contributed by atoms with Crippen molar-refractivity contribution in [1.82, 2.24) is 0 Å². The molecule has 0 saturated heterocycles. The van der Waals surface area contributed by atoms with Crippen molar-refractivity contribution in [2.45, 2.75) is 5.37 Å². The van der Waals surface area contributed by atoms with Gasteiger partial charge in [-0.15, -0.1) is 11.8 Å². The maximum absolute atomic E-state index is 12.3. The van der Waals surface area contributed by atoms with Crippen LogP contribution in [0.3, 0.4) is 0 Å². The molecule has 106 valence electrons. The largest absolute Gasteiger partial charge is 0.506 e. The van der Waals surface area contributed by atoms with Crippen molar-refractivity contribution in [2.24, 2.45) is 0 Å². The fraction of sp³-hybridized carbons (Fsp3) is 0.0625. The van der Waals surface area contributed by atoms with Crippen molar-refractivity contribution in [3.8, 4) is 5.75 Å². The Hall–Kier alpha value is -1.72. The van der Waals surface area contributed by atoms with Gasteiger partial charge in [-0.25, -0.2) is 0 Å². The highest BCUT2D eigenvalue weighted by atomic mass is 79.9. The van der Waals surface area contributed by atoms with Crippen LogP contribution in [-0.4, -0.2) is 11.0 Å². The predicted molar refractivity (Wildman–Crippen MR) is 89.2 cm³/mol. The molecule has 1 amide bonds. The number of anilines is 1. The number of benzene rings is 2. The summed E-state index contributed by atoms with van der Waals surface area (Å²) in [6.45, 7) is 0. The fourth-order valence-corrected chi connectivity index (χ4v) is 3.63. The SMILES string of the molecule is O=C1C=CSC(c2cccc(Br)c2)N1c1ccccc1O. The number of phenolic OH excluding ortho intramolecular Hbond substituents is 1. The molecule has 5 heteroatoms. The van der Waals surface area contributed by atoms with Crippen molar-refractivity contribution < 1.29 is 9.90 Å². The number of phenols is 1. The van der Waals surface area contributed by atoms with E-state index in [1.54, 1.807) is 28.5 Å². The topological polar surface area (TPSA) is 40.5 Å². The Morgan fingerprint density at radius 3 is 2.71 bits per heavy atom. The minimum absolute atomic E-state index is 0.0988. The first-order valence-corrected chi connectivity index (χ1v) is 8.09. The number of thioether (sulfide) groups is 1. The maximum Gasteiger partial charge on any atom is 0.252 e. The van der Waals surface area contributed by atoms with E-state index in [0.29, 0.717) is 5.69 Å². The molecule has 0 fully saturated rings. The van der Waals surface area contributed by atoms with Crippen LogP contribution in [0.25, 0.3) is 0 Å². The number of nitrogens with zero attached hydrogens (tertiary/aromatic N) is 1. The molecule has 1 N–H and O–H groups in total. The van der Waals surface area contributed by atoms with Crippen LogP contribution in [0.4, 0.5) is 5.69 Å². The molecular weight excluding hydrogens is 350 g/mol. The van der Waals surface area contributed by atoms with Crippen LogP contribution in [-0.2, 0) is 4.79 Å². The first kappa shape index (κ1) is 14.2. The highest BCUT2D eigenvalue weighted by Crippen LogP contribution is 2.42. The Balaban J connectivity index is 2.08. The summed E-state index contributed by atoms with van der Waals surface area (Å²) in [5.74, 6) is -0.0398. The van der Waals surface area contributed by atoms with E-state index >= 15 is 0 Å². The summed E-state index contributed by atoms with van der Waals surface area (Å²) in [6, 6.07) is 14.7. The molecule has 21 heavy (non-hydrogen) atoms. The van der Waals surface area contributed by atoms with Gasteiger partial charge >= 0.3 is 0 Å². The van der Waals surface area contributed by atoms with Gasteiger partial charge in [-0.2, -0.15) is 0 Å². The molecule has 1 aliphatic rings. The average molecular weight is 362 g/mol. The van der Waals surface area contributed by atoms with Gasteiger partial charge in [0.15, 0.2) is 0 Å². The summed E-state index contributed by atoms with van der Waals surface area (Å²) in [5.41, 5.74) is 1.51. The van der Waals surface area contributed by atoms with Gasteiger partial charge < -0.3 is 5.11 Å². The molecule has 3 rings (SSSR count). The second-order valence-electron chi connectivity index (χ2n) is 4.54. The van der Waals surface area contributed by atoms with E-state index in [1.807, 2.05) is 30.3 Å². The molecule has 2 aromatic rings. The standard InChI is InChI=1S/C16H12BrNO2S/c17-12-5-3-4-11(10-12)16-18(15(20)8-9-21-16)13-6-1-2-7-14(13)19/h1-10,16,19H. The number of carbonyl (C=O) groups is 1. The maximum atomic E-state index is 12.3. The summed E-state index contributed by atoms with van der Waals surface area (Å²) >= 11 is 4.99. The Morgan fingerprint density at radius 2 is 1.95 bits per heavy atom. The average Bonchev–Trinajstić information content (AvgIpc) is 2.48. The van der Waals surface area contributed by atoms with Crippen molar-refractivity contribution >= 4 is 39.3 Å². The second-order valence-corrected chi connectivity index (χ2v) is 6.45. The zero-order valence-electron chi connectivity index (χ0n) is 10.9. The van der Waals surface area contributed by atoms with E-state index in [-0.39, 0.29) is 17.0 Å². The van der Waals surface area contributed by atoms with E-state index in [4.69, 9.17) is 0 Å². The monoisotopic (exact) mass is 361 g/mol. The summed E-state index contributed by atoms with van der Waals surface area (Å²) < 4.78 is 0.958. The van der Waals surface area contributed by atoms with Crippen LogP contribution in [0.5, 0.6) is 5.75 Å². The normalized spacial score (nSPS) is 18.0. The van der Waals surface area contributed by atoms with E-state index in [2.05, 4.69) is 15.9 Å². The molecule has 0 bridgehead atoms. The lowest BCUT2D eigenvalue weighted by molar-refractivity contribution is -0.114. The third kappa shape index (κ3) is 2.84. The zero-order chi connectivity index (χ0) is 14.8. The fourth-order valence-electron chi connectivity index (χ4n) is 2.23. The number of para-hydroxylation sites is 2. The Labute approximate surface area is 135 Å². The number of hydrogen-bond acceptors (Lipinski definition) is 3. The molecule has 1 heterocycles. The van der Waals surface area contributed by atoms with Crippen LogP contribution < -0.4 is 4.90 Å². The lowest BCUT2D eigenvalue weighted by atomic mass is 10.1. The highest BCUT2D eigenvalue weighted by Gasteiger charge is 2.30. The van der Waals surface area contributed by atoms with Crippen LogP contribution in [0.2, 0.25) is 0 Å². The Bertz CT molecular complexity index is 717. The van der Waals surface area contributed by atoms with Crippen LogP contribution >= 0.6 is 27.7 Å². The van der Waals surface area contributed by atoms with E-state index < -0.39 is 0 Å². The van der Waals surface area contributed by atoms with E-state index in [0.717, 1.165) is 10.0 Å². The third-order valence-electron chi connectivity index (χ3n) is 3.17. The highest BCUT2D eigenvalue weighted by molar-refractivity contribution is 9.10. The van der Waals surface area contributed by atoms with Gasteiger partial charge in [0.25, 0.3) is 5.91 Å². The number of carbonyl (C=O) groups excluding carboxylic acids is 1. The molecule has 0 aliphatic carbocycles. The molecule has 3 nitrogen and oxygen atoms in total. The molecule has 0 radical (unpaired) electrons. The van der Waals surface area contributed by atoms with Gasteiger partial charge in [-0.1, -0.05) is 40.2 Å². The van der Waals surface area contributed by atoms with Crippen molar-refractivity contribution in [3.63, 3.8) is 0 Å². The van der Waals surface area contributed by atoms with Crippen LogP contribution in [0.15, 0.2) is 64.5 Å². The minimum Gasteiger partial charge on any atom is -0.506 e. The van der Waals surface area contributed by atoms with Crippen LogP contribution in [0, 0.1) is 0 Å². The number of hydrogen-bond donors (Lipinski definition) is 1. The predicted octanol–water partition coefficient (Wildman–Crippen LogP) is 4.45. The molecule has 1 aliphatic heterocycles. The van der Waals surface area contributed by atoms with Gasteiger partial charge in [0.05, 0.1) is 5.69 Å². The van der Waals surface area contributed by atoms with Gasteiger partial charge in [-0.05, 0) is 35.2 Å². The van der Waals surface area contributed by atoms with Gasteiger partial charge in [0.1, 0.15) is 11.1 Å². The summed E-state index contributed by atoms with van der Waals surface area (Å²) in [7, 11) is 0. The van der Waals surface area contributed by atoms with Gasteiger partial charge in [-0.3, -0.25) is 9.69 Å². The van der Waals surface area contributed by atoms with Crippen LogP contribution in [0.1, 0.15) is 10.9 Å². The van der Waals surface area contributed by atoms with Crippen molar-refractivity contribution in [3.05, 3.63) is 70.1 Å². The molecule has 1 unspecified atom stereocenters. The van der Waals surface area contributed by atoms with E-state index in [9.17, 15) is 9.90 Å². The Morgan fingerprint density at radius 1 is 1.14 bits per heavy atom. The summed E-state index contributed by atoms with van der Waals surface area (Å²) in [6.07, 6.45) is 1.52. The zero-order valence-corrected chi connectivity index (χ0v) is 13.3. The first-order chi connectivity index (χ1) is 10.2. The Kier molecular flexibility index (Phi) is 4.03. The molecule has 1 atom stereocenters. The van der Waals surface area contributed by atoms with E-state index in [1.165, 1.54) is 17.8 Å². The lowest BCUT2D eigenvalue weighted by Gasteiger charge is -2.33. The number of aromatic hydroxyl groups is 1. The first-order valence-electron chi connectivity index (χ1n) is 6.35. The summed E-state index contributed by atoms with van der Waals surface area (Å²) in [5, 5.41) is 11.7. The van der Waals surface area contributed by atoms with Crippen molar-refractivity contribution in [2.75, 3.05) is 4.90 Å². The molecule has 0 aromatic heterocycles. The number of amides is 1. The molecule has 0 spiro atoms. The lowest BCUT2D eigenvalue weighted by Crippen LogP contribution is -2.33. The third-order valence-corrected chi connectivity index (χ3v) is 4.69. The minimum atomic E-state index is -0.201. The van der Waals surface area contributed by atoms with Gasteiger partial charge in [0.2, 0.25) is 0 Å². The smallest absolute Gasteiger partial charge is 0.252 e. The quantitative estimate of drug-likeness (QED) is 0.858. The van der Waals surface area contributed by atoms with Gasteiger partial charge in [0, 0.05) is 10.5 Å². The number of rotatable bonds is 2. The summed E-state index contributed by atoms with van der Waals surface area (Å²) in [4.78, 5) is 13.9. The van der Waals surface area contributed by atoms with Crippen molar-refractivity contribution in [1.29, 1.82) is 0 Å². The number of halogens is 1. The molecular formula is C16H12BrNO2S.